The van der Waals surface area contributed by atoms with Gasteiger partial charge in [0, 0.05) is 5.75 Å². The Morgan fingerprint density at radius 3 is 2.58 bits per heavy atom. The van der Waals surface area contributed by atoms with Crippen molar-refractivity contribution >= 4 is 17.7 Å². The van der Waals surface area contributed by atoms with Crippen molar-refractivity contribution in [2.75, 3.05) is 5.75 Å². The van der Waals surface area contributed by atoms with Gasteiger partial charge in [-0.2, -0.15) is 0 Å². The zero-order chi connectivity index (χ0) is 18.4. The molecule has 1 amide bonds. The molecule has 26 heavy (non-hydrogen) atoms. The molecule has 2 aromatic rings. The number of hydrogen-bond acceptors (Lipinski definition) is 2. The molecular weight excluding hydrogens is 345 g/mol. The highest BCUT2D eigenvalue weighted by Crippen LogP contribution is 2.26. The molecule has 0 radical (unpaired) electrons. The summed E-state index contributed by atoms with van der Waals surface area (Å²) < 4.78 is 12.9. The van der Waals surface area contributed by atoms with Crippen LogP contribution in [0.25, 0.3) is 0 Å². The maximum absolute atomic E-state index is 12.9. The number of thioether (sulfide) groups is 1. The lowest BCUT2D eigenvalue weighted by Crippen LogP contribution is -2.29. The molecule has 2 aromatic carbocycles. The second-order valence-electron chi connectivity index (χ2n) is 6.88. The van der Waals surface area contributed by atoms with Crippen LogP contribution in [0.5, 0.6) is 0 Å². The predicted molar refractivity (Wildman–Crippen MR) is 107 cm³/mol. The van der Waals surface area contributed by atoms with Crippen LogP contribution in [0.3, 0.4) is 0 Å². The minimum atomic E-state index is -0.229. The molecule has 138 valence electrons. The van der Waals surface area contributed by atoms with Gasteiger partial charge in [-0.3, -0.25) is 4.79 Å². The molecular formula is C22H26FNOS. The Kier molecular flexibility index (Phi) is 6.73. The third kappa shape index (κ3) is 5.10. The van der Waals surface area contributed by atoms with Crippen molar-refractivity contribution in [3.63, 3.8) is 0 Å². The Morgan fingerprint density at radius 1 is 1.12 bits per heavy atom. The van der Waals surface area contributed by atoms with Gasteiger partial charge >= 0.3 is 0 Å². The molecule has 0 saturated carbocycles. The van der Waals surface area contributed by atoms with Crippen molar-refractivity contribution < 1.29 is 9.18 Å². The fourth-order valence-electron chi connectivity index (χ4n) is 3.47. The Balaban J connectivity index is 1.52. The van der Waals surface area contributed by atoms with Crippen LogP contribution >= 0.6 is 11.8 Å². The smallest absolute Gasteiger partial charge is 0.230 e. The Morgan fingerprint density at radius 2 is 1.85 bits per heavy atom. The van der Waals surface area contributed by atoms with Crippen LogP contribution in [0.4, 0.5) is 4.39 Å². The van der Waals surface area contributed by atoms with Crippen LogP contribution in [-0.4, -0.2) is 11.7 Å². The number of aryl methyl sites for hydroxylation is 2. The third-order valence-corrected chi connectivity index (χ3v) is 5.94. The molecule has 0 fully saturated rings. The number of amides is 1. The van der Waals surface area contributed by atoms with E-state index in [9.17, 15) is 9.18 Å². The van der Waals surface area contributed by atoms with E-state index >= 15 is 0 Å². The summed E-state index contributed by atoms with van der Waals surface area (Å²) in [6.45, 7) is 2.11. The van der Waals surface area contributed by atoms with Crippen LogP contribution < -0.4 is 5.32 Å². The fraction of sp³-hybridized carbons (Fsp3) is 0.409. The minimum Gasteiger partial charge on any atom is -0.349 e. The summed E-state index contributed by atoms with van der Waals surface area (Å²) >= 11 is 1.56. The van der Waals surface area contributed by atoms with Gasteiger partial charge in [-0.1, -0.05) is 37.3 Å². The summed E-state index contributed by atoms with van der Waals surface area (Å²) in [5, 5.41) is 3.17. The van der Waals surface area contributed by atoms with E-state index in [1.165, 1.54) is 48.1 Å². The van der Waals surface area contributed by atoms with Gasteiger partial charge in [-0.15, -0.1) is 11.8 Å². The van der Waals surface area contributed by atoms with Crippen LogP contribution in [0, 0.1) is 5.82 Å². The quantitative estimate of drug-likeness (QED) is 0.724. The lowest BCUT2D eigenvalue weighted by molar-refractivity contribution is -0.119. The molecule has 1 aliphatic carbocycles. The van der Waals surface area contributed by atoms with E-state index in [-0.39, 0.29) is 17.8 Å². The number of benzene rings is 2. The van der Waals surface area contributed by atoms with Crippen molar-refractivity contribution in [2.45, 2.75) is 50.8 Å². The number of halogens is 1. The lowest BCUT2D eigenvalue weighted by Gasteiger charge is -2.21. The predicted octanol–water partition coefficient (Wildman–Crippen LogP) is 5.21. The molecule has 0 spiro atoms. The lowest BCUT2D eigenvalue weighted by atomic mass is 9.89. The fourth-order valence-corrected chi connectivity index (χ4v) is 4.27. The second-order valence-corrected chi connectivity index (χ2v) is 7.87. The summed E-state index contributed by atoms with van der Waals surface area (Å²) in [5.74, 6) is 0.955. The number of nitrogens with one attached hydrogen (secondary N) is 1. The molecule has 3 rings (SSSR count). The zero-order valence-corrected chi connectivity index (χ0v) is 16.1. The number of rotatable bonds is 7. The molecule has 0 heterocycles. The molecule has 2 nitrogen and oxygen atoms in total. The van der Waals surface area contributed by atoms with Gasteiger partial charge in [-0.25, -0.2) is 4.39 Å². The average molecular weight is 372 g/mol. The largest absolute Gasteiger partial charge is 0.349 e. The highest BCUT2D eigenvalue weighted by Gasteiger charge is 2.16. The molecule has 1 atom stereocenters. The zero-order valence-electron chi connectivity index (χ0n) is 15.3. The Hall–Kier alpha value is -1.81. The van der Waals surface area contributed by atoms with Gasteiger partial charge in [-0.05, 0) is 66.5 Å². The van der Waals surface area contributed by atoms with E-state index in [0.717, 1.165) is 18.4 Å². The van der Waals surface area contributed by atoms with Crippen molar-refractivity contribution in [2.24, 2.45) is 0 Å². The summed E-state index contributed by atoms with van der Waals surface area (Å²) in [6, 6.07) is 13.2. The highest BCUT2D eigenvalue weighted by molar-refractivity contribution is 7.99. The number of fused-ring (bicyclic) bond motifs is 1. The van der Waals surface area contributed by atoms with Crippen molar-refractivity contribution in [1.82, 2.24) is 5.32 Å². The van der Waals surface area contributed by atoms with E-state index in [2.05, 4.69) is 30.4 Å². The first-order chi connectivity index (χ1) is 12.7. The monoisotopic (exact) mass is 371 g/mol. The van der Waals surface area contributed by atoms with Crippen LogP contribution in [-0.2, 0) is 23.4 Å². The third-order valence-electron chi connectivity index (χ3n) is 4.93. The van der Waals surface area contributed by atoms with E-state index < -0.39 is 0 Å². The molecule has 4 heteroatoms. The molecule has 1 aliphatic rings. The Labute approximate surface area is 159 Å². The molecule has 0 saturated heterocycles. The summed E-state index contributed by atoms with van der Waals surface area (Å²) in [7, 11) is 0. The molecule has 0 bridgehead atoms. The summed E-state index contributed by atoms with van der Waals surface area (Å²) in [4.78, 5) is 12.3. The summed E-state index contributed by atoms with van der Waals surface area (Å²) in [5.41, 5.74) is 5.17. The van der Waals surface area contributed by atoms with Crippen molar-refractivity contribution in [3.05, 3.63) is 70.5 Å². The van der Waals surface area contributed by atoms with E-state index in [1.807, 2.05) is 0 Å². The van der Waals surface area contributed by atoms with Crippen molar-refractivity contribution in [3.8, 4) is 0 Å². The van der Waals surface area contributed by atoms with Gasteiger partial charge in [0.05, 0.1) is 11.8 Å². The standard InChI is InChI=1S/C22H26FNOS/c1-2-21(19-10-9-17-5-3-4-6-18(17)13-19)24-22(25)15-26-14-16-7-11-20(23)12-8-16/h7-13,21H,2-6,14-15H2,1H3,(H,24,25). The van der Waals surface area contributed by atoms with Gasteiger partial charge < -0.3 is 5.32 Å². The maximum Gasteiger partial charge on any atom is 0.230 e. The van der Waals surface area contributed by atoms with Gasteiger partial charge in [0.15, 0.2) is 0 Å². The number of carbonyl (C=O) groups is 1. The first-order valence-electron chi connectivity index (χ1n) is 9.39. The van der Waals surface area contributed by atoms with E-state index in [1.54, 1.807) is 23.9 Å². The maximum atomic E-state index is 12.9. The van der Waals surface area contributed by atoms with Gasteiger partial charge in [0.1, 0.15) is 5.82 Å². The topological polar surface area (TPSA) is 29.1 Å². The number of carbonyl (C=O) groups excluding carboxylic acids is 1. The van der Waals surface area contributed by atoms with Gasteiger partial charge in [0.25, 0.3) is 0 Å². The van der Waals surface area contributed by atoms with Crippen LogP contribution in [0.15, 0.2) is 42.5 Å². The molecule has 0 aromatic heterocycles. The average Bonchev–Trinajstić information content (AvgIpc) is 2.67. The van der Waals surface area contributed by atoms with E-state index in [0.29, 0.717) is 11.5 Å². The first-order valence-corrected chi connectivity index (χ1v) is 10.5. The summed E-state index contributed by atoms with van der Waals surface area (Å²) in [6.07, 6.45) is 5.76. The SMILES string of the molecule is CCC(NC(=O)CSCc1ccc(F)cc1)c1ccc2c(c1)CCCC2. The number of hydrogen-bond donors (Lipinski definition) is 1. The van der Waals surface area contributed by atoms with Gasteiger partial charge in [0.2, 0.25) is 5.91 Å². The van der Waals surface area contributed by atoms with Crippen LogP contribution in [0.2, 0.25) is 0 Å². The molecule has 1 N–H and O–H groups in total. The minimum absolute atomic E-state index is 0.0571. The van der Waals surface area contributed by atoms with Crippen LogP contribution in [0.1, 0.15) is 54.5 Å². The van der Waals surface area contributed by atoms with E-state index in [4.69, 9.17) is 0 Å². The normalized spacial score (nSPS) is 14.5. The highest BCUT2D eigenvalue weighted by atomic mass is 32.2. The first kappa shape index (κ1) is 19.0. The second kappa shape index (κ2) is 9.22. The van der Waals surface area contributed by atoms with Crippen molar-refractivity contribution in [1.29, 1.82) is 0 Å². The Bertz CT molecular complexity index is 744. The molecule has 1 unspecified atom stereocenters. The molecule has 0 aliphatic heterocycles.